The fourth-order valence-corrected chi connectivity index (χ4v) is 1.77. The molecule has 5 heteroatoms. The highest BCUT2D eigenvalue weighted by atomic mass is 16.5. The number of amides is 1. The van der Waals surface area contributed by atoms with Crippen molar-refractivity contribution in [2.24, 2.45) is 0 Å². The highest BCUT2D eigenvalue weighted by molar-refractivity contribution is 6.05. The van der Waals surface area contributed by atoms with Gasteiger partial charge in [-0.1, -0.05) is 18.2 Å². The van der Waals surface area contributed by atoms with Gasteiger partial charge in [-0.05, 0) is 12.1 Å². The van der Waals surface area contributed by atoms with Crippen LogP contribution in [0.25, 0.3) is 10.9 Å². The standard InChI is InChI=1S/C14H14N2O3/c1-19-13(17)7-9-16-14(18)11-6-8-15-12-5-3-2-4-10(11)12/h2-6,8H,7,9H2,1H3,(H,16,18). The predicted octanol–water partition coefficient (Wildman–Crippen LogP) is 1.53. The minimum Gasteiger partial charge on any atom is -0.469 e. The molecule has 0 spiro atoms. The second kappa shape index (κ2) is 5.95. The van der Waals surface area contributed by atoms with Crippen molar-refractivity contribution in [3.05, 3.63) is 42.1 Å². The van der Waals surface area contributed by atoms with Crippen LogP contribution in [0.4, 0.5) is 0 Å². The molecule has 2 rings (SSSR count). The van der Waals surface area contributed by atoms with E-state index in [0.717, 1.165) is 10.9 Å². The SMILES string of the molecule is COC(=O)CCNC(=O)c1ccnc2ccccc12. The molecule has 1 heterocycles. The summed E-state index contributed by atoms with van der Waals surface area (Å²) in [7, 11) is 1.32. The van der Waals surface area contributed by atoms with Crippen LogP contribution in [-0.4, -0.2) is 30.5 Å². The zero-order chi connectivity index (χ0) is 13.7. The molecule has 0 atom stereocenters. The molecule has 0 saturated carbocycles. The molecule has 1 N–H and O–H groups in total. The lowest BCUT2D eigenvalue weighted by molar-refractivity contribution is -0.140. The average Bonchev–Trinajstić information content (AvgIpc) is 2.46. The van der Waals surface area contributed by atoms with E-state index in [0.29, 0.717) is 5.56 Å². The van der Waals surface area contributed by atoms with Gasteiger partial charge >= 0.3 is 5.97 Å². The van der Waals surface area contributed by atoms with Crippen LogP contribution >= 0.6 is 0 Å². The highest BCUT2D eigenvalue weighted by Gasteiger charge is 2.10. The number of nitrogens with one attached hydrogen (secondary N) is 1. The second-order valence-corrected chi connectivity index (χ2v) is 3.96. The van der Waals surface area contributed by atoms with Crippen molar-refractivity contribution in [3.8, 4) is 0 Å². The fraction of sp³-hybridized carbons (Fsp3) is 0.214. The third-order valence-electron chi connectivity index (χ3n) is 2.74. The molecule has 1 amide bonds. The first kappa shape index (κ1) is 13.0. The smallest absolute Gasteiger partial charge is 0.307 e. The van der Waals surface area contributed by atoms with Crippen molar-refractivity contribution < 1.29 is 14.3 Å². The molecule has 0 saturated heterocycles. The molecule has 5 nitrogen and oxygen atoms in total. The summed E-state index contributed by atoms with van der Waals surface area (Å²) >= 11 is 0. The lowest BCUT2D eigenvalue weighted by Gasteiger charge is -2.07. The maximum absolute atomic E-state index is 12.0. The molecule has 19 heavy (non-hydrogen) atoms. The summed E-state index contributed by atoms with van der Waals surface area (Å²) in [6.07, 6.45) is 1.75. The van der Waals surface area contributed by atoms with E-state index in [-0.39, 0.29) is 24.8 Å². The van der Waals surface area contributed by atoms with Gasteiger partial charge in [0, 0.05) is 18.1 Å². The Hall–Kier alpha value is -2.43. The number of para-hydroxylation sites is 1. The Bertz CT molecular complexity index is 605. The van der Waals surface area contributed by atoms with E-state index in [1.165, 1.54) is 7.11 Å². The van der Waals surface area contributed by atoms with Crippen LogP contribution in [0.1, 0.15) is 16.8 Å². The Morgan fingerprint density at radius 2 is 2.05 bits per heavy atom. The molecule has 0 aliphatic carbocycles. The van der Waals surface area contributed by atoms with Crippen LogP contribution in [-0.2, 0) is 9.53 Å². The summed E-state index contributed by atoms with van der Waals surface area (Å²) in [5.41, 5.74) is 1.32. The number of rotatable bonds is 4. The van der Waals surface area contributed by atoms with Crippen LogP contribution in [0.15, 0.2) is 36.5 Å². The Morgan fingerprint density at radius 3 is 2.84 bits per heavy atom. The number of ether oxygens (including phenoxy) is 1. The number of hydrogen-bond acceptors (Lipinski definition) is 4. The molecular weight excluding hydrogens is 244 g/mol. The van der Waals surface area contributed by atoms with E-state index in [1.54, 1.807) is 12.3 Å². The molecule has 1 aromatic carbocycles. The number of carbonyl (C=O) groups excluding carboxylic acids is 2. The van der Waals surface area contributed by atoms with Gasteiger partial charge in [0.05, 0.1) is 24.6 Å². The lowest BCUT2D eigenvalue weighted by atomic mass is 10.1. The van der Waals surface area contributed by atoms with Gasteiger partial charge in [-0.3, -0.25) is 14.6 Å². The van der Waals surface area contributed by atoms with Crippen molar-refractivity contribution in [1.82, 2.24) is 10.3 Å². The van der Waals surface area contributed by atoms with E-state index in [2.05, 4.69) is 15.0 Å². The molecule has 1 aromatic heterocycles. The molecule has 0 aliphatic heterocycles. The third kappa shape index (κ3) is 3.07. The molecule has 0 radical (unpaired) electrons. The van der Waals surface area contributed by atoms with Gasteiger partial charge in [0.25, 0.3) is 5.91 Å². The Kier molecular flexibility index (Phi) is 4.07. The average molecular weight is 258 g/mol. The number of esters is 1. The Morgan fingerprint density at radius 1 is 1.26 bits per heavy atom. The van der Waals surface area contributed by atoms with E-state index < -0.39 is 0 Å². The van der Waals surface area contributed by atoms with Gasteiger partial charge in [-0.2, -0.15) is 0 Å². The van der Waals surface area contributed by atoms with Crippen LogP contribution in [0.3, 0.4) is 0 Å². The Labute approximate surface area is 110 Å². The number of methoxy groups -OCH3 is 1. The zero-order valence-corrected chi connectivity index (χ0v) is 10.6. The largest absolute Gasteiger partial charge is 0.469 e. The van der Waals surface area contributed by atoms with E-state index in [1.807, 2.05) is 24.3 Å². The topological polar surface area (TPSA) is 68.3 Å². The van der Waals surface area contributed by atoms with Crippen molar-refractivity contribution in [1.29, 1.82) is 0 Å². The summed E-state index contributed by atoms with van der Waals surface area (Å²) in [6, 6.07) is 9.08. The van der Waals surface area contributed by atoms with E-state index in [4.69, 9.17) is 0 Å². The zero-order valence-electron chi connectivity index (χ0n) is 10.6. The first-order valence-corrected chi connectivity index (χ1v) is 5.91. The van der Waals surface area contributed by atoms with E-state index >= 15 is 0 Å². The van der Waals surface area contributed by atoms with Crippen LogP contribution in [0.2, 0.25) is 0 Å². The molecular formula is C14H14N2O3. The maximum atomic E-state index is 12.0. The molecule has 0 aliphatic rings. The third-order valence-corrected chi connectivity index (χ3v) is 2.74. The van der Waals surface area contributed by atoms with Crippen LogP contribution < -0.4 is 5.32 Å². The molecule has 0 bridgehead atoms. The van der Waals surface area contributed by atoms with Gasteiger partial charge in [0.15, 0.2) is 0 Å². The minimum absolute atomic E-state index is 0.158. The monoisotopic (exact) mass is 258 g/mol. The van der Waals surface area contributed by atoms with Crippen molar-refractivity contribution in [2.75, 3.05) is 13.7 Å². The van der Waals surface area contributed by atoms with Gasteiger partial charge < -0.3 is 10.1 Å². The van der Waals surface area contributed by atoms with Crippen molar-refractivity contribution in [3.63, 3.8) is 0 Å². The summed E-state index contributed by atoms with van der Waals surface area (Å²) < 4.78 is 4.51. The highest BCUT2D eigenvalue weighted by Crippen LogP contribution is 2.15. The molecule has 2 aromatic rings. The first-order chi connectivity index (χ1) is 9.22. The fourth-order valence-electron chi connectivity index (χ4n) is 1.77. The number of hydrogen-bond donors (Lipinski definition) is 1. The lowest BCUT2D eigenvalue weighted by Crippen LogP contribution is -2.26. The second-order valence-electron chi connectivity index (χ2n) is 3.96. The number of benzene rings is 1. The van der Waals surface area contributed by atoms with Crippen molar-refractivity contribution in [2.45, 2.75) is 6.42 Å². The van der Waals surface area contributed by atoms with Gasteiger partial charge in [-0.15, -0.1) is 0 Å². The van der Waals surface area contributed by atoms with Gasteiger partial charge in [0.2, 0.25) is 0 Å². The first-order valence-electron chi connectivity index (χ1n) is 5.91. The molecule has 0 fully saturated rings. The van der Waals surface area contributed by atoms with E-state index in [9.17, 15) is 9.59 Å². The summed E-state index contributed by atoms with van der Waals surface area (Å²) in [5.74, 6) is -0.567. The summed E-state index contributed by atoms with van der Waals surface area (Å²) in [5, 5.41) is 3.48. The number of carbonyl (C=O) groups is 2. The van der Waals surface area contributed by atoms with Crippen molar-refractivity contribution >= 4 is 22.8 Å². The normalized spacial score (nSPS) is 10.2. The summed E-state index contributed by atoms with van der Waals surface area (Å²) in [6.45, 7) is 0.252. The quantitative estimate of drug-likeness (QED) is 0.844. The van der Waals surface area contributed by atoms with Gasteiger partial charge in [0.1, 0.15) is 0 Å². The minimum atomic E-state index is -0.347. The Balaban J connectivity index is 2.11. The number of pyridine rings is 1. The molecule has 0 unspecified atom stereocenters. The van der Waals surface area contributed by atoms with Crippen LogP contribution in [0.5, 0.6) is 0 Å². The maximum Gasteiger partial charge on any atom is 0.307 e. The molecule has 98 valence electrons. The van der Waals surface area contributed by atoms with Gasteiger partial charge in [-0.25, -0.2) is 0 Å². The number of aromatic nitrogens is 1. The number of nitrogens with zero attached hydrogens (tertiary/aromatic N) is 1. The predicted molar refractivity (Wildman–Crippen MR) is 70.7 cm³/mol. The number of fused-ring (bicyclic) bond motifs is 1. The van der Waals surface area contributed by atoms with Crippen LogP contribution in [0, 0.1) is 0 Å². The summed E-state index contributed by atoms with van der Waals surface area (Å²) in [4.78, 5) is 27.2.